The van der Waals surface area contributed by atoms with Crippen molar-refractivity contribution in [3.8, 4) is 5.75 Å². The molecule has 0 saturated heterocycles. The van der Waals surface area contributed by atoms with Crippen LogP contribution in [0.15, 0.2) is 78.9 Å². The van der Waals surface area contributed by atoms with E-state index < -0.39 is 6.04 Å². The maximum Gasteiger partial charge on any atom is 0.243 e. The monoisotopic (exact) mass is 458 g/mol. The molecule has 1 atom stereocenters. The van der Waals surface area contributed by atoms with Crippen LogP contribution in [0.1, 0.15) is 36.1 Å². The van der Waals surface area contributed by atoms with Crippen molar-refractivity contribution in [2.75, 3.05) is 7.11 Å². The average Bonchev–Trinajstić information content (AvgIpc) is 2.83. The largest absolute Gasteiger partial charge is 0.497 e. The summed E-state index contributed by atoms with van der Waals surface area (Å²) in [6.45, 7) is 6.17. The summed E-state index contributed by atoms with van der Waals surface area (Å²) in [6.07, 6.45) is 0.666. The molecular formula is C29H34N2O3. The van der Waals surface area contributed by atoms with Crippen molar-refractivity contribution in [3.05, 3.63) is 101 Å². The fourth-order valence-electron chi connectivity index (χ4n) is 3.98. The summed E-state index contributed by atoms with van der Waals surface area (Å²) in [5.74, 6) is 0.479. The smallest absolute Gasteiger partial charge is 0.243 e. The summed E-state index contributed by atoms with van der Waals surface area (Å²) in [6, 6.07) is 24.7. The van der Waals surface area contributed by atoms with Crippen LogP contribution in [0.25, 0.3) is 0 Å². The van der Waals surface area contributed by atoms with Crippen LogP contribution in [0.5, 0.6) is 5.75 Å². The summed E-state index contributed by atoms with van der Waals surface area (Å²) in [7, 11) is 1.62. The minimum absolute atomic E-state index is 0.0316. The topological polar surface area (TPSA) is 58.6 Å². The third-order valence-corrected chi connectivity index (χ3v) is 5.79. The third-order valence-electron chi connectivity index (χ3n) is 5.79. The second-order valence-corrected chi connectivity index (χ2v) is 8.85. The summed E-state index contributed by atoms with van der Waals surface area (Å²) < 4.78 is 5.38. The van der Waals surface area contributed by atoms with Crippen LogP contribution in [0.2, 0.25) is 0 Å². The van der Waals surface area contributed by atoms with E-state index in [2.05, 4.69) is 5.32 Å². The van der Waals surface area contributed by atoms with Crippen LogP contribution in [0, 0.1) is 6.92 Å². The van der Waals surface area contributed by atoms with Crippen molar-refractivity contribution in [2.45, 2.75) is 52.2 Å². The Hall–Kier alpha value is -3.60. The van der Waals surface area contributed by atoms with Gasteiger partial charge in [-0.25, -0.2) is 0 Å². The van der Waals surface area contributed by atoms with Gasteiger partial charge < -0.3 is 15.0 Å². The molecule has 0 saturated carbocycles. The van der Waals surface area contributed by atoms with E-state index in [1.165, 1.54) is 0 Å². The zero-order valence-corrected chi connectivity index (χ0v) is 20.5. The first-order chi connectivity index (χ1) is 16.4. The lowest BCUT2D eigenvalue weighted by molar-refractivity contribution is -0.141. The number of nitrogens with one attached hydrogen (secondary N) is 1. The van der Waals surface area contributed by atoms with Gasteiger partial charge in [-0.3, -0.25) is 9.59 Å². The van der Waals surface area contributed by atoms with Crippen molar-refractivity contribution in [1.29, 1.82) is 0 Å². The van der Waals surface area contributed by atoms with Gasteiger partial charge in [0.1, 0.15) is 11.8 Å². The van der Waals surface area contributed by atoms with E-state index in [0.29, 0.717) is 13.0 Å². The summed E-state index contributed by atoms with van der Waals surface area (Å²) in [5, 5.41) is 3.02. The number of carbonyl (C=O) groups is 2. The second-order valence-electron chi connectivity index (χ2n) is 8.85. The molecule has 0 aromatic heterocycles. The molecule has 0 aliphatic carbocycles. The SMILES string of the molecule is COc1cccc(CN(C(=O)Cc2ccccc2C)[C@@H](Cc2ccccc2)C(=O)NC(C)C)c1. The summed E-state index contributed by atoms with van der Waals surface area (Å²) >= 11 is 0. The number of ether oxygens (including phenoxy) is 1. The number of carbonyl (C=O) groups excluding carboxylic acids is 2. The molecule has 0 aliphatic rings. The maximum atomic E-state index is 13.8. The van der Waals surface area contributed by atoms with Crippen molar-refractivity contribution < 1.29 is 14.3 Å². The Morgan fingerprint density at radius 2 is 1.59 bits per heavy atom. The fraction of sp³-hybridized carbons (Fsp3) is 0.310. The molecular weight excluding hydrogens is 424 g/mol. The van der Waals surface area contributed by atoms with E-state index in [9.17, 15) is 9.59 Å². The Labute approximate surface area is 202 Å². The lowest BCUT2D eigenvalue weighted by Gasteiger charge is -2.32. The quantitative estimate of drug-likeness (QED) is 0.479. The van der Waals surface area contributed by atoms with Crippen LogP contribution in [0.3, 0.4) is 0 Å². The van der Waals surface area contributed by atoms with E-state index in [-0.39, 0.29) is 24.3 Å². The van der Waals surface area contributed by atoms with Gasteiger partial charge in [0, 0.05) is 19.0 Å². The molecule has 0 spiro atoms. The van der Waals surface area contributed by atoms with E-state index in [0.717, 1.165) is 28.0 Å². The summed E-state index contributed by atoms with van der Waals surface area (Å²) in [5.41, 5.74) is 3.94. The first kappa shape index (κ1) is 25.0. The zero-order valence-electron chi connectivity index (χ0n) is 20.5. The Balaban J connectivity index is 1.99. The molecule has 1 N–H and O–H groups in total. The van der Waals surface area contributed by atoms with Gasteiger partial charge >= 0.3 is 0 Å². The number of hydrogen-bond acceptors (Lipinski definition) is 3. The van der Waals surface area contributed by atoms with Crippen LogP contribution in [-0.2, 0) is 29.0 Å². The minimum Gasteiger partial charge on any atom is -0.497 e. The number of rotatable bonds is 10. The number of hydrogen-bond donors (Lipinski definition) is 1. The molecule has 0 radical (unpaired) electrons. The lowest BCUT2D eigenvalue weighted by Crippen LogP contribution is -2.52. The summed E-state index contributed by atoms with van der Waals surface area (Å²) in [4.78, 5) is 28.9. The molecule has 5 nitrogen and oxygen atoms in total. The number of benzene rings is 3. The van der Waals surface area contributed by atoms with Gasteiger partial charge in [-0.05, 0) is 55.2 Å². The predicted octanol–water partition coefficient (Wildman–Crippen LogP) is 4.71. The second kappa shape index (κ2) is 12.0. The molecule has 178 valence electrons. The van der Waals surface area contributed by atoms with Crippen LogP contribution in [0.4, 0.5) is 0 Å². The van der Waals surface area contributed by atoms with Crippen LogP contribution in [-0.4, -0.2) is 35.9 Å². The molecule has 3 aromatic rings. The lowest BCUT2D eigenvalue weighted by atomic mass is 10.00. The Morgan fingerprint density at radius 3 is 2.26 bits per heavy atom. The van der Waals surface area contributed by atoms with Gasteiger partial charge in [0.05, 0.1) is 13.5 Å². The van der Waals surface area contributed by atoms with Gasteiger partial charge in [0.15, 0.2) is 0 Å². The van der Waals surface area contributed by atoms with Crippen molar-refractivity contribution in [2.24, 2.45) is 0 Å². The zero-order chi connectivity index (χ0) is 24.5. The van der Waals surface area contributed by atoms with Crippen molar-refractivity contribution in [3.63, 3.8) is 0 Å². The number of aryl methyl sites for hydroxylation is 1. The highest BCUT2D eigenvalue weighted by molar-refractivity contribution is 5.89. The number of nitrogens with zero attached hydrogens (tertiary/aromatic N) is 1. The molecule has 0 aliphatic heterocycles. The van der Waals surface area contributed by atoms with E-state index in [1.807, 2.05) is 99.6 Å². The normalized spacial score (nSPS) is 11.7. The molecule has 0 unspecified atom stereocenters. The van der Waals surface area contributed by atoms with Crippen LogP contribution >= 0.6 is 0 Å². The fourth-order valence-corrected chi connectivity index (χ4v) is 3.98. The Bertz CT molecular complexity index is 1100. The Morgan fingerprint density at radius 1 is 0.912 bits per heavy atom. The third kappa shape index (κ3) is 6.95. The minimum atomic E-state index is -0.646. The first-order valence-electron chi connectivity index (χ1n) is 11.7. The molecule has 5 heteroatoms. The van der Waals surface area contributed by atoms with Crippen molar-refractivity contribution >= 4 is 11.8 Å². The molecule has 0 bridgehead atoms. The van der Waals surface area contributed by atoms with Gasteiger partial charge in [-0.15, -0.1) is 0 Å². The molecule has 3 aromatic carbocycles. The van der Waals surface area contributed by atoms with Crippen LogP contribution < -0.4 is 10.1 Å². The van der Waals surface area contributed by atoms with E-state index in [1.54, 1.807) is 12.0 Å². The maximum absolute atomic E-state index is 13.8. The first-order valence-corrected chi connectivity index (χ1v) is 11.7. The van der Waals surface area contributed by atoms with Gasteiger partial charge in [-0.2, -0.15) is 0 Å². The number of methoxy groups -OCH3 is 1. The molecule has 0 heterocycles. The highest BCUT2D eigenvalue weighted by Crippen LogP contribution is 2.20. The molecule has 2 amide bonds. The number of amides is 2. The van der Waals surface area contributed by atoms with Crippen molar-refractivity contribution in [1.82, 2.24) is 10.2 Å². The van der Waals surface area contributed by atoms with E-state index in [4.69, 9.17) is 4.74 Å². The van der Waals surface area contributed by atoms with E-state index >= 15 is 0 Å². The standard InChI is InChI=1S/C29H34N2O3/c1-21(2)30-29(33)27(18-23-12-6-5-7-13-23)31(20-24-14-10-16-26(17-24)34-4)28(32)19-25-15-9-8-11-22(25)3/h5-17,21,27H,18-20H2,1-4H3,(H,30,33)/t27-/m0/s1. The highest BCUT2D eigenvalue weighted by Gasteiger charge is 2.31. The van der Waals surface area contributed by atoms with Gasteiger partial charge in [0.25, 0.3) is 0 Å². The molecule has 3 rings (SSSR count). The molecule has 34 heavy (non-hydrogen) atoms. The average molecular weight is 459 g/mol. The Kier molecular flexibility index (Phi) is 8.86. The predicted molar refractivity (Wildman–Crippen MR) is 136 cm³/mol. The van der Waals surface area contributed by atoms with Gasteiger partial charge in [0.2, 0.25) is 11.8 Å². The molecule has 0 fully saturated rings. The van der Waals surface area contributed by atoms with Gasteiger partial charge in [-0.1, -0.05) is 66.7 Å². The highest BCUT2D eigenvalue weighted by atomic mass is 16.5.